The first-order chi connectivity index (χ1) is 15.8. The fourth-order valence-electron chi connectivity index (χ4n) is 3.46. The Morgan fingerprint density at radius 2 is 1.76 bits per heavy atom. The van der Waals surface area contributed by atoms with Crippen LogP contribution in [0.5, 0.6) is 5.88 Å². The number of amides is 1. The predicted octanol–water partition coefficient (Wildman–Crippen LogP) is 4.54. The van der Waals surface area contributed by atoms with Crippen LogP contribution in [0.15, 0.2) is 77.7 Å². The van der Waals surface area contributed by atoms with Crippen molar-refractivity contribution in [1.29, 1.82) is 0 Å². The zero-order valence-electron chi connectivity index (χ0n) is 17.9. The summed E-state index contributed by atoms with van der Waals surface area (Å²) >= 11 is 6.04. The highest BCUT2D eigenvalue weighted by Crippen LogP contribution is 2.29. The highest BCUT2D eigenvalue weighted by atomic mass is 35.5. The fraction of sp³-hybridized carbons (Fsp3) is 0.125. The Balaban J connectivity index is 1.84. The molecule has 0 fully saturated rings. The van der Waals surface area contributed by atoms with Crippen molar-refractivity contribution in [2.75, 3.05) is 18.3 Å². The molecule has 0 radical (unpaired) electrons. The number of sulfone groups is 1. The first-order valence-corrected chi connectivity index (χ1v) is 12.2. The number of fused-ring (bicyclic) bond motifs is 1. The number of halogens is 1. The smallest absolute Gasteiger partial charge is 0.277 e. The third-order valence-electron chi connectivity index (χ3n) is 5.02. The van der Waals surface area contributed by atoms with E-state index in [9.17, 15) is 13.2 Å². The summed E-state index contributed by atoms with van der Waals surface area (Å²) in [6.45, 7) is 0.0917. The van der Waals surface area contributed by atoms with Gasteiger partial charge in [0.1, 0.15) is 10.8 Å². The number of methoxy groups -OCH3 is 1. The largest absolute Gasteiger partial charge is 0.481 e. The van der Waals surface area contributed by atoms with Gasteiger partial charge >= 0.3 is 0 Å². The first-order valence-electron chi connectivity index (χ1n) is 9.93. The van der Waals surface area contributed by atoms with Crippen LogP contribution in [0.25, 0.3) is 10.9 Å². The van der Waals surface area contributed by atoms with Crippen molar-refractivity contribution < 1.29 is 17.9 Å². The number of carbonyl (C=O) groups is 1. The molecule has 0 spiro atoms. The van der Waals surface area contributed by atoms with E-state index in [1.807, 2.05) is 24.3 Å². The summed E-state index contributed by atoms with van der Waals surface area (Å²) in [5, 5.41) is 1.25. The molecule has 0 aliphatic carbocycles. The van der Waals surface area contributed by atoms with Gasteiger partial charge in [0.25, 0.3) is 5.91 Å². The van der Waals surface area contributed by atoms with E-state index in [0.717, 1.165) is 17.2 Å². The van der Waals surface area contributed by atoms with Crippen LogP contribution < -0.4 is 9.64 Å². The first kappa shape index (κ1) is 22.7. The van der Waals surface area contributed by atoms with E-state index in [2.05, 4.69) is 9.97 Å². The third kappa shape index (κ3) is 4.97. The maximum atomic E-state index is 13.6. The van der Waals surface area contributed by atoms with Crippen molar-refractivity contribution >= 4 is 43.9 Å². The van der Waals surface area contributed by atoms with Crippen molar-refractivity contribution in [3.05, 3.63) is 89.2 Å². The van der Waals surface area contributed by atoms with Gasteiger partial charge < -0.3 is 9.64 Å². The van der Waals surface area contributed by atoms with Crippen molar-refractivity contribution in [1.82, 2.24) is 9.97 Å². The fourth-order valence-corrected chi connectivity index (χ4v) is 4.50. The number of nitrogens with zero attached hydrogens (tertiary/aromatic N) is 3. The molecule has 7 nitrogen and oxygen atoms in total. The third-order valence-corrected chi connectivity index (χ3v) is 6.37. The van der Waals surface area contributed by atoms with Crippen LogP contribution in [0.1, 0.15) is 16.1 Å². The van der Waals surface area contributed by atoms with Gasteiger partial charge in [-0.05, 0) is 42.0 Å². The van der Waals surface area contributed by atoms with Crippen molar-refractivity contribution in [2.45, 2.75) is 11.4 Å². The van der Waals surface area contributed by atoms with Crippen LogP contribution in [-0.4, -0.2) is 37.7 Å². The van der Waals surface area contributed by atoms with Crippen molar-refractivity contribution in [3.8, 4) is 5.88 Å². The Morgan fingerprint density at radius 1 is 1.00 bits per heavy atom. The van der Waals surface area contributed by atoms with Gasteiger partial charge in [-0.2, -0.15) is 0 Å². The van der Waals surface area contributed by atoms with E-state index in [-0.39, 0.29) is 28.7 Å². The number of aromatic nitrogens is 2. The monoisotopic (exact) mass is 481 g/mol. The average molecular weight is 482 g/mol. The summed E-state index contributed by atoms with van der Waals surface area (Å²) in [7, 11) is -2.15. The quantitative estimate of drug-likeness (QED) is 0.375. The highest BCUT2D eigenvalue weighted by Gasteiger charge is 2.25. The van der Waals surface area contributed by atoms with Gasteiger partial charge in [-0.3, -0.25) is 4.79 Å². The molecule has 2 aromatic heterocycles. The number of anilines is 1. The van der Waals surface area contributed by atoms with Gasteiger partial charge in [-0.15, -0.1) is 0 Å². The van der Waals surface area contributed by atoms with Crippen molar-refractivity contribution in [3.63, 3.8) is 0 Å². The molecule has 0 aliphatic rings. The van der Waals surface area contributed by atoms with E-state index in [4.69, 9.17) is 16.3 Å². The van der Waals surface area contributed by atoms with Gasteiger partial charge in [0, 0.05) is 17.7 Å². The molecule has 2 aromatic carbocycles. The molecule has 9 heteroatoms. The zero-order valence-corrected chi connectivity index (χ0v) is 19.5. The molecule has 168 valence electrons. The molecule has 33 heavy (non-hydrogen) atoms. The van der Waals surface area contributed by atoms with Gasteiger partial charge in [0.2, 0.25) is 5.88 Å². The maximum Gasteiger partial charge on any atom is 0.277 e. The Bertz CT molecular complexity index is 1460. The van der Waals surface area contributed by atoms with E-state index >= 15 is 0 Å². The van der Waals surface area contributed by atoms with Gasteiger partial charge in [0.05, 0.1) is 29.8 Å². The molecule has 0 unspecified atom stereocenters. The number of ether oxygens (including phenoxy) is 1. The number of hydrogen-bond donors (Lipinski definition) is 0. The Kier molecular flexibility index (Phi) is 6.31. The Hall–Kier alpha value is -3.49. The maximum absolute atomic E-state index is 13.6. The van der Waals surface area contributed by atoms with Gasteiger partial charge in [-0.25, -0.2) is 18.4 Å². The average Bonchev–Trinajstić information content (AvgIpc) is 2.81. The van der Waals surface area contributed by atoms with E-state index in [0.29, 0.717) is 10.7 Å². The van der Waals surface area contributed by atoms with Crippen molar-refractivity contribution in [2.24, 2.45) is 0 Å². The molecular weight excluding hydrogens is 462 g/mol. The second-order valence-corrected chi connectivity index (χ2v) is 9.73. The standard InChI is InChI=1S/C24H20ClN3O4S/c1-32-23-9-5-6-18(27-23)24(29)28(20-7-3-4-8-21(20)33(2,30)31)15-16-10-11-17-12-13-22(25)26-19(17)14-16/h3-14H,15H2,1-2H3. The summed E-state index contributed by atoms with van der Waals surface area (Å²) < 4.78 is 30.1. The van der Waals surface area contributed by atoms with Crippen LogP contribution in [0.4, 0.5) is 5.69 Å². The minimum Gasteiger partial charge on any atom is -0.481 e. The minimum absolute atomic E-state index is 0.0446. The number of pyridine rings is 2. The summed E-state index contributed by atoms with van der Waals surface area (Å²) in [4.78, 5) is 23.6. The molecule has 4 aromatic rings. The molecule has 0 N–H and O–H groups in total. The summed E-state index contributed by atoms with van der Waals surface area (Å²) in [5.41, 5.74) is 1.80. The topological polar surface area (TPSA) is 89.5 Å². The zero-order chi connectivity index (χ0) is 23.6. The van der Waals surface area contributed by atoms with E-state index in [1.54, 1.807) is 42.5 Å². The number of carbonyl (C=O) groups excluding carboxylic acids is 1. The number of rotatable bonds is 6. The number of hydrogen-bond acceptors (Lipinski definition) is 6. The number of benzene rings is 2. The molecule has 0 bridgehead atoms. The summed E-state index contributed by atoms with van der Waals surface area (Å²) in [6.07, 6.45) is 1.11. The van der Waals surface area contributed by atoms with Crippen LogP contribution in [0, 0.1) is 0 Å². The van der Waals surface area contributed by atoms with Crippen LogP contribution in [-0.2, 0) is 16.4 Å². The minimum atomic E-state index is -3.61. The van der Waals surface area contributed by atoms with E-state index in [1.165, 1.54) is 18.1 Å². The van der Waals surface area contributed by atoms with Gasteiger partial charge in [0.15, 0.2) is 9.84 Å². The Morgan fingerprint density at radius 3 is 2.52 bits per heavy atom. The lowest BCUT2D eigenvalue weighted by Gasteiger charge is -2.25. The summed E-state index contributed by atoms with van der Waals surface area (Å²) in [6, 6.07) is 20.4. The Labute approximate surface area is 196 Å². The van der Waals surface area contributed by atoms with Crippen LogP contribution in [0.2, 0.25) is 5.15 Å². The number of para-hydroxylation sites is 1. The molecular formula is C24H20ClN3O4S. The molecule has 1 amide bonds. The molecule has 0 saturated carbocycles. The molecule has 0 aliphatic heterocycles. The molecule has 0 atom stereocenters. The SMILES string of the molecule is COc1cccc(C(=O)N(Cc2ccc3ccc(Cl)nc3c2)c2ccccc2S(C)(=O)=O)n1. The lowest BCUT2D eigenvalue weighted by molar-refractivity contribution is 0.0979. The molecule has 2 heterocycles. The lowest BCUT2D eigenvalue weighted by atomic mass is 10.1. The lowest BCUT2D eigenvalue weighted by Crippen LogP contribution is -2.32. The van der Waals surface area contributed by atoms with Crippen LogP contribution in [0.3, 0.4) is 0 Å². The molecule has 4 rings (SSSR count). The second-order valence-electron chi connectivity index (χ2n) is 7.36. The van der Waals surface area contributed by atoms with E-state index < -0.39 is 15.7 Å². The molecule has 0 saturated heterocycles. The normalized spacial score (nSPS) is 11.4. The highest BCUT2D eigenvalue weighted by molar-refractivity contribution is 7.90. The summed E-state index contributed by atoms with van der Waals surface area (Å²) in [5.74, 6) is -0.189. The predicted molar refractivity (Wildman–Crippen MR) is 128 cm³/mol. The second kappa shape index (κ2) is 9.17. The van der Waals surface area contributed by atoms with Gasteiger partial charge in [-0.1, -0.05) is 41.9 Å². The van der Waals surface area contributed by atoms with Crippen LogP contribution >= 0.6 is 11.6 Å².